The number of aromatic nitrogens is 2. The molecule has 0 aliphatic carbocycles. The summed E-state index contributed by atoms with van der Waals surface area (Å²) in [6.45, 7) is 2.06. The molecule has 158 valence electrons. The van der Waals surface area contributed by atoms with Crippen LogP contribution in [0.1, 0.15) is 30.3 Å². The molecule has 1 saturated heterocycles. The molecule has 0 radical (unpaired) electrons. The van der Waals surface area contributed by atoms with Crippen LogP contribution in [0.2, 0.25) is 0 Å². The minimum atomic E-state index is -0.311. The van der Waals surface area contributed by atoms with Gasteiger partial charge in [-0.15, -0.1) is 0 Å². The van der Waals surface area contributed by atoms with Gasteiger partial charge in [-0.2, -0.15) is 0 Å². The van der Waals surface area contributed by atoms with Crippen LogP contribution in [-0.2, 0) is 4.74 Å². The van der Waals surface area contributed by atoms with Crippen LogP contribution in [0.25, 0.3) is 22.2 Å². The summed E-state index contributed by atoms with van der Waals surface area (Å²) in [7, 11) is 2.15. The molecule has 4 aromatic rings. The Hall–Kier alpha value is -3.02. The van der Waals surface area contributed by atoms with E-state index in [0.717, 1.165) is 59.5 Å². The lowest BCUT2D eigenvalue weighted by molar-refractivity contribution is -0.0264. The maximum absolute atomic E-state index is 13.8. The number of aromatic amines is 1. The predicted molar refractivity (Wildman–Crippen MR) is 121 cm³/mol. The second-order valence-electron chi connectivity index (χ2n) is 8.29. The zero-order valence-corrected chi connectivity index (χ0v) is 17.6. The molecular weight excluding hydrogens is 389 g/mol. The lowest BCUT2D eigenvalue weighted by Gasteiger charge is -2.31. The van der Waals surface area contributed by atoms with Crippen LogP contribution in [0.15, 0.2) is 72.8 Å². The van der Waals surface area contributed by atoms with Crippen LogP contribution < -0.4 is 0 Å². The molecule has 0 bridgehead atoms. The van der Waals surface area contributed by atoms with E-state index >= 15 is 0 Å². The highest BCUT2D eigenvalue weighted by molar-refractivity contribution is 5.75. The highest BCUT2D eigenvalue weighted by Crippen LogP contribution is 2.32. The minimum Gasteiger partial charge on any atom is -0.362 e. The van der Waals surface area contributed by atoms with Crippen molar-refractivity contribution in [1.82, 2.24) is 14.9 Å². The van der Waals surface area contributed by atoms with E-state index in [-0.39, 0.29) is 18.0 Å². The summed E-state index contributed by atoms with van der Waals surface area (Å²) < 4.78 is 20.5. The second kappa shape index (κ2) is 8.61. The lowest BCUT2D eigenvalue weighted by atomic mass is 9.99. The molecule has 0 saturated carbocycles. The number of para-hydroxylation sites is 2. The molecule has 0 amide bonds. The van der Waals surface area contributed by atoms with Crippen molar-refractivity contribution in [3.8, 4) is 11.1 Å². The fourth-order valence-electron chi connectivity index (χ4n) is 4.26. The molecule has 1 aliphatic heterocycles. The Balaban J connectivity index is 1.52. The number of halogens is 1. The zero-order valence-electron chi connectivity index (χ0n) is 17.6. The predicted octanol–water partition coefficient (Wildman–Crippen LogP) is 5.57. The molecular formula is C26H26FN3O. The van der Waals surface area contributed by atoms with Crippen LogP contribution in [0.4, 0.5) is 4.39 Å². The molecule has 1 fully saturated rings. The summed E-state index contributed by atoms with van der Waals surface area (Å²) >= 11 is 0. The summed E-state index contributed by atoms with van der Waals surface area (Å²) in [4.78, 5) is 10.6. The molecule has 1 aliphatic rings. The summed E-state index contributed by atoms with van der Waals surface area (Å²) in [6.07, 6.45) is 1.86. The largest absolute Gasteiger partial charge is 0.362 e. The standard InChI is InChI=1S/C26H26FN3O/c1-30-14-12-22(13-15-30)31-25(26-28-23-10-2-3-11-24(23)29-26)20-8-4-6-18(16-20)19-7-5-9-21(27)17-19/h2-11,16-17,22,25H,12-15H2,1H3,(H,28,29). The molecule has 0 spiro atoms. The van der Waals surface area contributed by atoms with Crippen molar-refractivity contribution in [2.24, 2.45) is 0 Å². The van der Waals surface area contributed by atoms with E-state index in [0.29, 0.717) is 0 Å². The fraction of sp³-hybridized carbons (Fsp3) is 0.269. The number of benzene rings is 3. The second-order valence-corrected chi connectivity index (χ2v) is 8.29. The first-order chi connectivity index (χ1) is 15.2. The van der Waals surface area contributed by atoms with Gasteiger partial charge in [-0.3, -0.25) is 0 Å². The normalized spacial score (nSPS) is 16.6. The molecule has 4 nitrogen and oxygen atoms in total. The van der Waals surface area contributed by atoms with E-state index in [1.165, 1.54) is 6.07 Å². The van der Waals surface area contributed by atoms with Crippen molar-refractivity contribution in [1.29, 1.82) is 0 Å². The van der Waals surface area contributed by atoms with Gasteiger partial charge in [0.05, 0.1) is 17.1 Å². The van der Waals surface area contributed by atoms with Gasteiger partial charge in [-0.25, -0.2) is 9.37 Å². The van der Waals surface area contributed by atoms with E-state index in [4.69, 9.17) is 9.72 Å². The zero-order chi connectivity index (χ0) is 21.2. The number of rotatable bonds is 5. The SMILES string of the molecule is CN1CCC(OC(c2cccc(-c3cccc(F)c3)c2)c2nc3ccccc3[nH]2)CC1. The number of fused-ring (bicyclic) bond motifs is 1. The van der Waals surface area contributed by atoms with Gasteiger partial charge < -0.3 is 14.6 Å². The monoisotopic (exact) mass is 415 g/mol. The van der Waals surface area contributed by atoms with Crippen LogP contribution >= 0.6 is 0 Å². The molecule has 5 rings (SSSR count). The minimum absolute atomic E-state index is 0.173. The van der Waals surface area contributed by atoms with Gasteiger partial charge in [0, 0.05) is 13.1 Å². The van der Waals surface area contributed by atoms with Crippen molar-refractivity contribution in [2.75, 3.05) is 20.1 Å². The van der Waals surface area contributed by atoms with E-state index in [9.17, 15) is 4.39 Å². The smallest absolute Gasteiger partial charge is 0.141 e. The molecule has 2 heterocycles. The summed E-state index contributed by atoms with van der Waals surface area (Å²) in [6, 6.07) is 22.9. The van der Waals surface area contributed by atoms with E-state index < -0.39 is 0 Å². The van der Waals surface area contributed by atoms with Gasteiger partial charge in [0.2, 0.25) is 0 Å². The van der Waals surface area contributed by atoms with Crippen molar-refractivity contribution < 1.29 is 9.13 Å². The molecule has 1 aromatic heterocycles. The van der Waals surface area contributed by atoms with Crippen molar-refractivity contribution in [2.45, 2.75) is 25.0 Å². The van der Waals surface area contributed by atoms with E-state index in [1.807, 2.05) is 42.5 Å². The molecule has 31 heavy (non-hydrogen) atoms. The maximum Gasteiger partial charge on any atom is 0.141 e. The van der Waals surface area contributed by atoms with Gasteiger partial charge in [0.15, 0.2) is 0 Å². The molecule has 3 aromatic carbocycles. The summed E-state index contributed by atoms with van der Waals surface area (Å²) in [5.74, 6) is 0.566. The van der Waals surface area contributed by atoms with Crippen molar-refractivity contribution >= 4 is 11.0 Å². The van der Waals surface area contributed by atoms with Crippen molar-refractivity contribution in [3.05, 3.63) is 90.0 Å². The van der Waals surface area contributed by atoms with E-state index in [2.05, 4.69) is 29.1 Å². The molecule has 1 unspecified atom stereocenters. The summed E-state index contributed by atoms with van der Waals surface area (Å²) in [5.41, 5.74) is 4.75. The number of nitrogens with zero attached hydrogens (tertiary/aromatic N) is 2. The maximum atomic E-state index is 13.8. The number of H-pyrrole nitrogens is 1. The third-order valence-corrected chi connectivity index (χ3v) is 6.00. The van der Waals surface area contributed by atoms with Crippen LogP contribution in [0, 0.1) is 5.82 Å². The average Bonchev–Trinajstić information content (AvgIpc) is 3.23. The first-order valence-electron chi connectivity index (χ1n) is 10.8. The number of likely N-dealkylation sites (tertiary alicyclic amines) is 1. The lowest BCUT2D eigenvalue weighted by Crippen LogP contribution is -2.35. The number of piperidine rings is 1. The Morgan fingerprint density at radius 1 is 0.968 bits per heavy atom. The van der Waals surface area contributed by atoms with Crippen LogP contribution in [0.3, 0.4) is 0 Å². The quantitative estimate of drug-likeness (QED) is 0.463. The Morgan fingerprint density at radius 2 is 1.71 bits per heavy atom. The molecule has 1 N–H and O–H groups in total. The number of hydrogen-bond acceptors (Lipinski definition) is 3. The van der Waals surface area contributed by atoms with Gasteiger partial charge in [-0.1, -0.05) is 42.5 Å². The first kappa shape index (κ1) is 19.9. The van der Waals surface area contributed by atoms with Gasteiger partial charge in [0.1, 0.15) is 17.7 Å². The summed E-state index contributed by atoms with van der Waals surface area (Å²) in [5, 5.41) is 0. The fourth-order valence-corrected chi connectivity index (χ4v) is 4.26. The Morgan fingerprint density at radius 3 is 2.48 bits per heavy atom. The number of nitrogens with one attached hydrogen (secondary N) is 1. The highest BCUT2D eigenvalue weighted by Gasteiger charge is 2.26. The van der Waals surface area contributed by atoms with Gasteiger partial charge >= 0.3 is 0 Å². The Labute approximate surface area is 181 Å². The Kier molecular flexibility index (Phi) is 5.53. The van der Waals surface area contributed by atoms with Gasteiger partial charge in [0.25, 0.3) is 0 Å². The Bertz CT molecular complexity index is 1150. The molecule has 5 heteroatoms. The van der Waals surface area contributed by atoms with Crippen molar-refractivity contribution in [3.63, 3.8) is 0 Å². The highest BCUT2D eigenvalue weighted by atomic mass is 19.1. The van der Waals surface area contributed by atoms with Crippen LogP contribution in [-0.4, -0.2) is 41.1 Å². The number of hydrogen-bond donors (Lipinski definition) is 1. The van der Waals surface area contributed by atoms with E-state index in [1.54, 1.807) is 12.1 Å². The third kappa shape index (κ3) is 4.38. The molecule has 1 atom stereocenters. The average molecular weight is 416 g/mol. The number of ether oxygens (including phenoxy) is 1. The topological polar surface area (TPSA) is 41.1 Å². The third-order valence-electron chi connectivity index (χ3n) is 6.00. The first-order valence-corrected chi connectivity index (χ1v) is 10.8. The van der Waals surface area contributed by atoms with Gasteiger partial charge in [-0.05, 0) is 66.9 Å². The van der Waals surface area contributed by atoms with Crippen LogP contribution in [0.5, 0.6) is 0 Å². The number of imidazole rings is 1.